The first-order valence-electron chi connectivity index (χ1n) is 22.0. The summed E-state index contributed by atoms with van der Waals surface area (Å²) >= 11 is 0. The number of allylic oxidation sites excluding steroid dienone is 3. The van der Waals surface area contributed by atoms with E-state index in [4.69, 9.17) is 0 Å². The minimum atomic E-state index is -0.105. The van der Waals surface area contributed by atoms with Crippen molar-refractivity contribution < 1.29 is 0 Å². The van der Waals surface area contributed by atoms with Gasteiger partial charge >= 0.3 is 0 Å². The molecule has 2 nitrogen and oxygen atoms in total. The van der Waals surface area contributed by atoms with E-state index in [-0.39, 0.29) is 5.41 Å². The minimum absolute atomic E-state index is 0.105. The SMILES string of the molecule is CC1(C)c2ccccc2-c2ccc(N(c3ccccc3)c3ccccc3-c3ccc(C4=C(N(c5c#cc(-c6ccccc6)cc5)c5cccc6ccccc56)C=CCC4)cc3)cc21. The second-order valence-electron chi connectivity index (χ2n) is 17.1. The van der Waals surface area contributed by atoms with Crippen molar-refractivity contribution in [2.75, 3.05) is 9.80 Å². The first-order chi connectivity index (χ1) is 31.0. The molecule has 0 radical (unpaired) electrons. The highest BCUT2D eigenvalue weighted by molar-refractivity contribution is 5.99. The van der Waals surface area contributed by atoms with Crippen LogP contribution in [0.4, 0.5) is 28.4 Å². The zero-order valence-electron chi connectivity index (χ0n) is 35.6. The summed E-state index contributed by atoms with van der Waals surface area (Å²) in [5.74, 6) is 0. The van der Waals surface area contributed by atoms with E-state index >= 15 is 0 Å². The summed E-state index contributed by atoms with van der Waals surface area (Å²) in [6.45, 7) is 4.71. The van der Waals surface area contributed by atoms with E-state index < -0.39 is 0 Å². The van der Waals surface area contributed by atoms with Crippen molar-refractivity contribution in [3.8, 4) is 33.4 Å². The second-order valence-corrected chi connectivity index (χ2v) is 17.1. The first-order valence-corrected chi connectivity index (χ1v) is 22.0. The van der Waals surface area contributed by atoms with Gasteiger partial charge in [0.1, 0.15) is 0 Å². The standard InChI is InChI=1S/C61H46N2/c1-61(2)56-28-14-11-27-54(56)55-41-40-50(42-57(55)61)62(48-22-7-4-8-23-48)58-29-15-12-25-52(58)46-32-34-47(35-33-46)53-26-13-16-30-59(53)63(60-31-17-21-45-20-9-10-24-51(45)60)49-38-36-44(37-39-49)43-18-5-3-6-19-43/h3-12,14-25,27-36,38,40-42H,13,26H2,1-2H3. The van der Waals surface area contributed by atoms with Crippen LogP contribution in [-0.2, 0) is 5.41 Å². The zero-order valence-corrected chi connectivity index (χ0v) is 35.6. The van der Waals surface area contributed by atoms with Gasteiger partial charge in [-0.15, -0.1) is 0 Å². The molecule has 2 aliphatic rings. The van der Waals surface area contributed by atoms with Crippen LogP contribution in [0.3, 0.4) is 0 Å². The Morgan fingerprint density at radius 2 is 1.13 bits per heavy atom. The van der Waals surface area contributed by atoms with Crippen LogP contribution in [0.1, 0.15) is 43.4 Å². The molecule has 0 saturated heterocycles. The molecule has 0 aliphatic heterocycles. The smallest absolute Gasteiger partial charge is 0.0974 e. The van der Waals surface area contributed by atoms with Crippen LogP contribution in [0.15, 0.2) is 224 Å². The Kier molecular flexibility index (Phi) is 9.60. The molecular formula is C61H46N2. The Bertz CT molecular complexity index is 3170. The van der Waals surface area contributed by atoms with Crippen molar-refractivity contribution in [2.45, 2.75) is 32.1 Å². The molecule has 0 spiro atoms. The number of rotatable bonds is 9. The molecule has 0 fully saturated rings. The number of hydrogen-bond acceptors (Lipinski definition) is 2. The quantitative estimate of drug-likeness (QED) is 0.143. The van der Waals surface area contributed by atoms with Crippen LogP contribution in [0, 0.1) is 12.1 Å². The van der Waals surface area contributed by atoms with Gasteiger partial charge in [-0.2, -0.15) is 0 Å². The Balaban J connectivity index is 1.01. The van der Waals surface area contributed by atoms with E-state index in [0.717, 1.165) is 58.1 Å². The molecule has 0 aromatic heterocycles. The average molecular weight is 807 g/mol. The van der Waals surface area contributed by atoms with Crippen molar-refractivity contribution in [1.29, 1.82) is 0 Å². The molecule has 9 aromatic rings. The normalized spacial score (nSPS) is 13.6. The minimum Gasteiger partial charge on any atom is -0.310 e. The summed E-state index contributed by atoms with van der Waals surface area (Å²) in [4.78, 5) is 4.81. The van der Waals surface area contributed by atoms with Crippen molar-refractivity contribution in [3.05, 3.63) is 253 Å². The molecule has 0 N–H and O–H groups in total. The third kappa shape index (κ3) is 6.80. The average Bonchev–Trinajstić information content (AvgIpc) is 3.58. The lowest BCUT2D eigenvalue weighted by atomic mass is 9.82. The molecule has 0 heterocycles. The molecule has 0 atom stereocenters. The number of fused-ring (bicyclic) bond motifs is 4. The predicted octanol–water partition coefficient (Wildman–Crippen LogP) is 16.4. The Labute approximate surface area is 371 Å². The van der Waals surface area contributed by atoms with Gasteiger partial charge in [0.05, 0.1) is 22.8 Å². The van der Waals surface area contributed by atoms with Crippen LogP contribution in [0.5, 0.6) is 0 Å². The van der Waals surface area contributed by atoms with Crippen LogP contribution in [-0.4, -0.2) is 0 Å². The van der Waals surface area contributed by atoms with Crippen molar-refractivity contribution >= 4 is 44.8 Å². The van der Waals surface area contributed by atoms with Gasteiger partial charge in [0.25, 0.3) is 0 Å². The second kappa shape index (κ2) is 15.9. The monoisotopic (exact) mass is 806 g/mol. The molecule has 0 saturated carbocycles. The number of benzene rings is 8. The molecule has 0 bridgehead atoms. The van der Waals surface area contributed by atoms with E-state index in [9.17, 15) is 0 Å². The third-order valence-electron chi connectivity index (χ3n) is 13.0. The molecule has 0 unspecified atom stereocenters. The van der Waals surface area contributed by atoms with E-state index in [1.165, 1.54) is 55.3 Å². The van der Waals surface area contributed by atoms with E-state index in [0.29, 0.717) is 0 Å². The highest BCUT2D eigenvalue weighted by atomic mass is 15.2. The fourth-order valence-corrected chi connectivity index (χ4v) is 9.84. The van der Waals surface area contributed by atoms with Crippen LogP contribution < -0.4 is 9.80 Å². The molecule has 300 valence electrons. The van der Waals surface area contributed by atoms with E-state index in [1.807, 2.05) is 6.07 Å². The van der Waals surface area contributed by atoms with Crippen LogP contribution in [0.25, 0.3) is 49.7 Å². The van der Waals surface area contributed by atoms with Gasteiger partial charge in [-0.3, -0.25) is 0 Å². The predicted molar refractivity (Wildman–Crippen MR) is 265 cm³/mol. The maximum Gasteiger partial charge on any atom is 0.0974 e. The van der Waals surface area contributed by atoms with Crippen molar-refractivity contribution in [1.82, 2.24) is 0 Å². The summed E-state index contributed by atoms with van der Waals surface area (Å²) in [5, 5.41) is 2.39. The van der Waals surface area contributed by atoms with Gasteiger partial charge in [0, 0.05) is 33.3 Å². The third-order valence-corrected chi connectivity index (χ3v) is 13.0. The van der Waals surface area contributed by atoms with Gasteiger partial charge < -0.3 is 9.80 Å². The summed E-state index contributed by atoms with van der Waals surface area (Å²) in [5.41, 5.74) is 18.9. The van der Waals surface area contributed by atoms with Gasteiger partial charge in [0.2, 0.25) is 0 Å². The first kappa shape index (κ1) is 38.1. The van der Waals surface area contributed by atoms with Gasteiger partial charge in [-0.25, -0.2) is 0 Å². The van der Waals surface area contributed by atoms with Gasteiger partial charge in [0.15, 0.2) is 0 Å². The van der Waals surface area contributed by atoms with Gasteiger partial charge in [-0.05, 0) is 123 Å². The molecule has 9 aromatic carbocycles. The highest BCUT2D eigenvalue weighted by Crippen LogP contribution is 2.51. The number of hydrogen-bond donors (Lipinski definition) is 0. The fourth-order valence-electron chi connectivity index (χ4n) is 9.84. The molecule has 2 heteroatoms. The zero-order chi connectivity index (χ0) is 42.3. The summed E-state index contributed by atoms with van der Waals surface area (Å²) in [6.07, 6.45) is 6.51. The van der Waals surface area contributed by atoms with Crippen LogP contribution in [0.2, 0.25) is 0 Å². The molecule has 63 heavy (non-hydrogen) atoms. The lowest BCUT2D eigenvalue weighted by Gasteiger charge is -2.31. The largest absolute Gasteiger partial charge is 0.310 e. The molecule has 2 aliphatic carbocycles. The van der Waals surface area contributed by atoms with E-state index in [2.05, 4.69) is 248 Å². The Morgan fingerprint density at radius 3 is 1.94 bits per heavy atom. The van der Waals surface area contributed by atoms with Crippen LogP contribution >= 0.6 is 0 Å². The van der Waals surface area contributed by atoms with Crippen molar-refractivity contribution in [3.63, 3.8) is 0 Å². The van der Waals surface area contributed by atoms with E-state index in [1.54, 1.807) is 0 Å². The van der Waals surface area contributed by atoms with Gasteiger partial charge in [-0.1, -0.05) is 184 Å². The summed E-state index contributed by atoms with van der Waals surface area (Å²) in [6, 6.07) is 81.9. The summed E-state index contributed by atoms with van der Waals surface area (Å²) < 4.78 is 0. The summed E-state index contributed by atoms with van der Waals surface area (Å²) in [7, 11) is 0. The maximum absolute atomic E-state index is 3.59. The maximum atomic E-state index is 3.59. The topological polar surface area (TPSA) is 6.48 Å². The number of anilines is 5. The molecule has 0 amide bonds. The number of para-hydroxylation sites is 2. The highest BCUT2D eigenvalue weighted by Gasteiger charge is 2.36. The molecular weight excluding hydrogens is 761 g/mol. The Hall–Kier alpha value is -7.86. The lowest BCUT2D eigenvalue weighted by molar-refractivity contribution is 0.660. The Morgan fingerprint density at radius 1 is 0.460 bits per heavy atom. The lowest BCUT2D eigenvalue weighted by Crippen LogP contribution is -2.18. The fraction of sp³-hybridized carbons (Fsp3) is 0.0820. The molecule has 11 rings (SSSR count). The number of nitrogens with zero attached hydrogens (tertiary/aromatic N) is 2. The van der Waals surface area contributed by atoms with Crippen molar-refractivity contribution in [2.24, 2.45) is 0 Å².